The first kappa shape index (κ1) is 14.5. The van der Waals surface area contributed by atoms with Crippen molar-refractivity contribution in [2.75, 3.05) is 11.9 Å². The van der Waals surface area contributed by atoms with Crippen molar-refractivity contribution in [3.63, 3.8) is 0 Å². The molecule has 1 amide bonds. The molecule has 1 rings (SSSR count). The van der Waals surface area contributed by atoms with Crippen LogP contribution in [0.4, 0.5) is 5.69 Å². The van der Waals surface area contributed by atoms with Crippen LogP contribution in [0, 0.1) is 0 Å². The lowest BCUT2D eigenvalue weighted by molar-refractivity contribution is -0.141. The average molecular weight is 271 g/mol. The minimum absolute atomic E-state index is 0.129. The molecule has 3 N–H and O–H groups in total. The van der Waals surface area contributed by atoms with Gasteiger partial charge in [-0.3, -0.25) is 9.59 Å². The minimum Gasteiger partial charge on any atom is -0.480 e. The normalized spacial score (nSPS) is 11.9. The molecule has 0 spiro atoms. The molecule has 0 radical (unpaired) electrons. The molecule has 1 atom stereocenters. The highest BCUT2D eigenvalue weighted by molar-refractivity contribution is 6.30. The van der Waals surface area contributed by atoms with Crippen LogP contribution in [0.2, 0.25) is 5.02 Å². The number of aliphatic carboxylic acids is 1. The predicted molar refractivity (Wildman–Crippen MR) is 69.8 cm³/mol. The quantitative estimate of drug-likeness (QED) is 0.736. The number of carboxylic acid groups (broad SMARTS) is 1. The van der Waals surface area contributed by atoms with Gasteiger partial charge in [-0.25, -0.2) is 0 Å². The summed E-state index contributed by atoms with van der Waals surface area (Å²) in [6, 6.07) is 5.80. The van der Waals surface area contributed by atoms with E-state index in [4.69, 9.17) is 16.7 Å². The zero-order valence-corrected chi connectivity index (χ0v) is 10.7. The van der Waals surface area contributed by atoms with Crippen molar-refractivity contribution < 1.29 is 14.7 Å². The van der Waals surface area contributed by atoms with E-state index in [-0.39, 0.29) is 12.3 Å². The number of anilines is 1. The molecule has 98 valence electrons. The van der Waals surface area contributed by atoms with E-state index in [0.717, 1.165) is 0 Å². The van der Waals surface area contributed by atoms with Crippen molar-refractivity contribution in [2.45, 2.75) is 19.4 Å². The van der Waals surface area contributed by atoms with E-state index in [1.54, 1.807) is 31.2 Å². The number of hydrogen-bond acceptors (Lipinski definition) is 3. The summed E-state index contributed by atoms with van der Waals surface area (Å²) in [5.41, 5.74) is 0.549. The van der Waals surface area contributed by atoms with Crippen molar-refractivity contribution in [1.29, 1.82) is 0 Å². The lowest BCUT2D eigenvalue weighted by Crippen LogP contribution is -2.39. The molecule has 6 heteroatoms. The standard InChI is InChI=1S/C12H15ClN2O3/c1-2-14-10(12(17)18)7-11(16)15-9-5-3-4-8(13)6-9/h3-6,10,14H,2,7H2,1H3,(H,15,16)(H,17,18). The molecule has 5 nitrogen and oxygen atoms in total. The lowest BCUT2D eigenvalue weighted by atomic mass is 10.2. The highest BCUT2D eigenvalue weighted by atomic mass is 35.5. The number of likely N-dealkylation sites (N-methyl/N-ethyl adjacent to an activating group) is 1. The van der Waals surface area contributed by atoms with Crippen molar-refractivity contribution in [3.8, 4) is 0 Å². The number of nitrogens with one attached hydrogen (secondary N) is 2. The van der Waals surface area contributed by atoms with Crippen LogP contribution < -0.4 is 10.6 Å². The Labute approximate surface area is 110 Å². The highest BCUT2D eigenvalue weighted by Gasteiger charge is 2.19. The second-order valence-corrected chi connectivity index (χ2v) is 4.15. The van der Waals surface area contributed by atoms with Crippen molar-refractivity contribution in [1.82, 2.24) is 5.32 Å². The van der Waals surface area contributed by atoms with Gasteiger partial charge >= 0.3 is 5.97 Å². The molecule has 1 unspecified atom stereocenters. The smallest absolute Gasteiger partial charge is 0.321 e. The fraction of sp³-hybridized carbons (Fsp3) is 0.333. The topological polar surface area (TPSA) is 78.4 Å². The van der Waals surface area contributed by atoms with Gasteiger partial charge in [0.1, 0.15) is 6.04 Å². The highest BCUT2D eigenvalue weighted by Crippen LogP contribution is 2.15. The second kappa shape index (κ2) is 6.98. The van der Waals surface area contributed by atoms with E-state index in [0.29, 0.717) is 17.3 Å². The summed E-state index contributed by atoms with van der Waals surface area (Å²) >= 11 is 5.78. The van der Waals surface area contributed by atoms with Crippen LogP contribution in [0.3, 0.4) is 0 Å². The Hall–Kier alpha value is -1.59. The fourth-order valence-electron chi connectivity index (χ4n) is 1.46. The molecular formula is C12H15ClN2O3. The maximum atomic E-state index is 11.7. The maximum Gasteiger partial charge on any atom is 0.321 e. The first-order valence-electron chi connectivity index (χ1n) is 5.54. The monoisotopic (exact) mass is 270 g/mol. The number of carboxylic acids is 1. The third-order valence-corrected chi connectivity index (χ3v) is 2.48. The van der Waals surface area contributed by atoms with Crippen molar-refractivity contribution in [2.24, 2.45) is 0 Å². The predicted octanol–water partition coefficient (Wildman–Crippen LogP) is 1.73. The first-order chi connectivity index (χ1) is 8.52. The van der Waals surface area contributed by atoms with Crippen LogP contribution in [-0.2, 0) is 9.59 Å². The van der Waals surface area contributed by atoms with E-state index >= 15 is 0 Å². The molecule has 0 heterocycles. The summed E-state index contributed by atoms with van der Waals surface area (Å²) in [7, 11) is 0. The zero-order valence-electron chi connectivity index (χ0n) is 9.94. The number of rotatable bonds is 6. The van der Waals surface area contributed by atoms with Crippen molar-refractivity contribution in [3.05, 3.63) is 29.3 Å². The molecule has 0 aliphatic rings. The van der Waals surface area contributed by atoms with Crippen molar-refractivity contribution >= 4 is 29.2 Å². The van der Waals surface area contributed by atoms with Gasteiger partial charge in [0, 0.05) is 10.7 Å². The van der Waals surface area contributed by atoms with Gasteiger partial charge in [0.15, 0.2) is 0 Å². The summed E-state index contributed by atoms with van der Waals surface area (Å²) in [4.78, 5) is 22.5. The Balaban J connectivity index is 2.57. The van der Waals surface area contributed by atoms with Crippen LogP contribution in [0.25, 0.3) is 0 Å². The van der Waals surface area contributed by atoms with Gasteiger partial charge in [0.05, 0.1) is 6.42 Å². The Morgan fingerprint density at radius 1 is 1.44 bits per heavy atom. The van der Waals surface area contributed by atoms with Crippen LogP contribution in [-0.4, -0.2) is 29.6 Å². The maximum absolute atomic E-state index is 11.7. The first-order valence-corrected chi connectivity index (χ1v) is 5.92. The van der Waals surface area contributed by atoms with Gasteiger partial charge in [0.25, 0.3) is 0 Å². The average Bonchev–Trinajstić information content (AvgIpc) is 2.28. The Morgan fingerprint density at radius 3 is 2.72 bits per heavy atom. The van der Waals surface area contributed by atoms with Gasteiger partial charge < -0.3 is 15.7 Å². The Morgan fingerprint density at radius 2 is 2.17 bits per heavy atom. The molecule has 0 bridgehead atoms. The molecule has 0 aromatic heterocycles. The van der Waals surface area contributed by atoms with Crippen LogP contribution in [0.5, 0.6) is 0 Å². The molecule has 0 aliphatic heterocycles. The summed E-state index contributed by atoms with van der Waals surface area (Å²) < 4.78 is 0. The summed E-state index contributed by atoms with van der Waals surface area (Å²) in [6.07, 6.45) is -0.129. The van der Waals surface area contributed by atoms with Gasteiger partial charge in [-0.05, 0) is 24.7 Å². The lowest BCUT2D eigenvalue weighted by Gasteiger charge is -2.13. The minimum atomic E-state index is -1.04. The molecule has 0 fully saturated rings. The Kier molecular flexibility index (Phi) is 5.61. The fourth-order valence-corrected chi connectivity index (χ4v) is 1.65. The summed E-state index contributed by atoms with van der Waals surface area (Å²) in [5, 5.41) is 14.7. The van der Waals surface area contributed by atoms with E-state index in [1.807, 2.05) is 0 Å². The van der Waals surface area contributed by atoms with Gasteiger partial charge in [-0.2, -0.15) is 0 Å². The number of halogens is 1. The SMILES string of the molecule is CCNC(CC(=O)Nc1cccc(Cl)c1)C(=O)O. The van der Waals surface area contributed by atoms with E-state index in [1.165, 1.54) is 0 Å². The van der Waals surface area contributed by atoms with Crippen LogP contribution >= 0.6 is 11.6 Å². The summed E-state index contributed by atoms with van der Waals surface area (Å²) in [6.45, 7) is 2.27. The number of benzene rings is 1. The number of carbonyl (C=O) groups is 2. The molecular weight excluding hydrogens is 256 g/mol. The van der Waals surface area contributed by atoms with E-state index in [9.17, 15) is 9.59 Å². The Bertz CT molecular complexity index is 437. The molecule has 0 saturated carbocycles. The van der Waals surface area contributed by atoms with E-state index < -0.39 is 12.0 Å². The third-order valence-electron chi connectivity index (χ3n) is 2.25. The van der Waals surface area contributed by atoms with Crippen LogP contribution in [0.15, 0.2) is 24.3 Å². The number of hydrogen-bond donors (Lipinski definition) is 3. The number of carbonyl (C=O) groups excluding carboxylic acids is 1. The molecule has 1 aromatic carbocycles. The molecule has 0 aliphatic carbocycles. The number of amides is 1. The zero-order chi connectivity index (χ0) is 13.5. The third kappa shape index (κ3) is 4.73. The van der Waals surface area contributed by atoms with Crippen LogP contribution in [0.1, 0.15) is 13.3 Å². The van der Waals surface area contributed by atoms with Gasteiger partial charge in [-0.15, -0.1) is 0 Å². The molecule has 1 aromatic rings. The second-order valence-electron chi connectivity index (χ2n) is 3.71. The van der Waals surface area contributed by atoms with E-state index in [2.05, 4.69) is 10.6 Å². The largest absolute Gasteiger partial charge is 0.480 e. The van der Waals surface area contributed by atoms with Gasteiger partial charge in [-0.1, -0.05) is 24.6 Å². The summed E-state index contributed by atoms with van der Waals surface area (Å²) in [5.74, 6) is -1.41. The molecule has 18 heavy (non-hydrogen) atoms. The van der Waals surface area contributed by atoms with Gasteiger partial charge in [0.2, 0.25) is 5.91 Å². The molecule has 0 saturated heterocycles.